The van der Waals surface area contributed by atoms with E-state index in [1.54, 1.807) is 5.57 Å². The number of rotatable bonds is 5. The predicted octanol–water partition coefficient (Wildman–Crippen LogP) is 5.66. The third-order valence-corrected chi connectivity index (χ3v) is 7.73. The number of hydrogen-bond donors (Lipinski definition) is 2. The molecule has 0 saturated heterocycles. The third-order valence-electron chi connectivity index (χ3n) is 7.73. The van der Waals surface area contributed by atoms with Gasteiger partial charge in [-0.3, -0.25) is 4.79 Å². The van der Waals surface area contributed by atoms with Gasteiger partial charge in [-0.25, -0.2) is 0 Å². The van der Waals surface area contributed by atoms with Crippen molar-refractivity contribution in [3.8, 4) is 0 Å². The standard InChI is InChI=1S/C24H36O3/c1-16-6-10-20(25)15-19(16)9-8-18-5-4-14-24(3)21(11-12-22(18)24)17(2)7-13-23(26)27/h8-9,17,20-22,25H,1,4-7,10-15H2,2-3H3,(H,26,27)/b18-8+,19-9+/t17-,20+,21-,22+,24-/m1/s1. The Balaban J connectivity index is 1.75. The Morgan fingerprint density at radius 2 is 2.07 bits per heavy atom. The summed E-state index contributed by atoms with van der Waals surface area (Å²) in [7, 11) is 0. The van der Waals surface area contributed by atoms with E-state index in [9.17, 15) is 9.90 Å². The molecule has 3 heteroatoms. The zero-order valence-electron chi connectivity index (χ0n) is 17.0. The molecule has 0 aromatic heterocycles. The van der Waals surface area contributed by atoms with Gasteiger partial charge in [0.1, 0.15) is 0 Å². The topological polar surface area (TPSA) is 57.5 Å². The first-order chi connectivity index (χ1) is 12.8. The molecule has 3 fully saturated rings. The van der Waals surface area contributed by atoms with Crippen LogP contribution in [0.3, 0.4) is 0 Å². The van der Waals surface area contributed by atoms with Crippen LogP contribution in [0, 0.1) is 23.2 Å². The second kappa shape index (κ2) is 8.34. The SMILES string of the molecule is C=C1CC[C@H](O)C/C1=C\C=C1/CCC[C@]2(C)[C@@H]([C@H](C)CCC(=O)O)CC[C@@H]12. The molecule has 0 aromatic rings. The number of carboxylic acids is 1. The van der Waals surface area contributed by atoms with Crippen LogP contribution in [0.1, 0.15) is 78.1 Å². The highest BCUT2D eigenvalue weighted by molar-refractivity contribution is 5.66. The smallest absolute Gasteiger partial charge is 0.303 e. The first-order valence-corrected chi connectivity index (χ1v) is 10.8. The van der Waals surface area contributed by atoms with Gasteiger partial charge in [-0.15, -0.1) is 0 Å². The molecule has 3 saturated carbocycles. The van der Waals surface area contributed by atoms with Gasteiger partial charge in [-0.2, -0.15) is 0 Å². The molecular formula is C24H36O3. The van der Waals surface area contributed by atoms with Gasteiger partial charge < -0.3 is 10.2 Å². The highest BCUT2D eigenvalue weighted by Crippen LogP contribution is 2.59. The van der Waals surface area contributed by atoms with Crippen molar-refractivity contribution in [3.63, 3.8) is 0 Å². The summed E-state index contributed by atoms with van der Waals surface area (Å²) in [5, 5.41) is 19.0. The van der Waals surface area contributed by atoms with E-state index >= 15 is 0 Å². The maximum Gasteiger partial charge on any atom is 0.303 e. The Morgan fingerprint density at radius 1 is 1.30 bits per heavy atom. The lowest BCUT2D eigenvalue weighted by atomic mass is 9.60. The van der Waals surface area contributed by atoms with Gasteiger partial charge in [0, 0.05) is 6.42 Å². The fourth-order valence-corrected chi connectivity index (χ4v) is 6.16. The van der Waals surface area contributed by atoms with E-state index < -0.39 is 5.97 Å². The van der Waals surface area contributed by atoms with Gasteiger partial charge in [0.15, 0.2) is 0 Å². The summed E-state index contributed by atoms with van der Waals surface area (Å²) in [4.78, 5) is 11.0. The van der Waals surface area contributed by atoms with Gasteiger partial charge in [0.05, 0.1) is 6.10 Å². The highest BCUT2D eigenvalue weighted by Gasteiger charge is 2.50. The Labute approximate surface area is 164 Å². The molecule has 0 unspecified atom stereocenters. The van der Waals surface area contributed by atoms with Crippen molar-refractivity contribution in [1.82, 2.24) is 0 Å². The summed E-state index contributed by atoms with van der Waals surface area (Å²) in [5.41, 5.74) is 4.28. The molecule has 0 aliphatic heterocycles. The minimum atomic E-state index is -0.674. The number of aliphatic carboxylic acids is 1. The van der Waals surface area contributed by atoms with Crippen LogP contribution in [-0.2, 0) is 4.79 Å². The van der Waals surface area contributed by atoms with Crippen LogP contribution >= 0.6 is 0 Å². The molecule has 3 aliphatic carbocycles. The van der Waals surface area contributed by atoms with Crippen molar-refractivity contribution in [2.75, 3.05) is 0 Å². The molecule has 0 aromatic carbocycles. The predicted molar refractivity (Wildman–Crippen MR) is 109 cm³/mol. The normalized spacial score (nSPS) is 38.2. The van der Waals surface area contributed by atoms with Crippen molar-refractivity contribution < 1.29 is 15.0 Å². The Morgan fingerprint density at radius 3 is 2.81 bits per heavy atom. The zero-order chi connectivity index (χ0) is 19.6. The van der Waals surface area contributed by atoms with E-state index in [2.05, 4.69) is 32.6 Å². The largest absolute Gasteiger partial charge is 0.481 e. The number of carbonyl (C=O) groups is 1. The monoisotopic (exact) mass is 372 g/mol. The number of carboxylic acid groups (broad SMARTS) is 1. The van der Waals surface area contributed by atoms with Crippen molar-refractivity contribution in [3.05, 3.63) is 35.5 Å². The molecule has 0 bridgehead atoms. The number of hydrogen-bond acceptors (Lipinski definition) is 2. The minimum absolute atomic E-state index is 0.220. The fourth-order valence-electron chi connectivity index (χ4n) is 6.16. The first kappa shape index (κ1) is 20.4. The number of fused-ring (bicyclic) bond motifs is 1. The molecule has 27 heavy (non-hydrogen) atoms. The van der Waals surface area contributed by atoms with Crippen LogP contribution < -0.4 is 0 Å². The molecule has 150 valence electrons. The summed E-state index contributed by atoms with van der Waals surface area (Å²) in [6, 6.07) is 0. The van der Waals surface area contributed by atoms with Crippen LogP contribution in [0.2, 0.25) is 0 Å². The fraction of sp³-hybridized carbons (Fsp3) is 0.708. The van der Waals surface area contributed by atoms with Crippen LogP contribution in [0.15, 0.2) is 35.5 Å². The van der Waals surface area contributed by atoms with Crippen LogP contribution in [-0.4, -0.2) is 22.3 Å². The summed E-state index contributed by atoms with van der Waals surface area (Å²) in [5.74, 6) is 1.06. The average molecular weight is 373 g/mol. The summed E-state index contributed by atoms with van der Waals surface area (Å²) >= 11 is 0. The van der Waals surface area contributed by atoms with Crippen molar-refractivity contribution in [2.24, 2.45) is 23.2 Å². The summed E-state index contributed by atoms with van der Waals surface area (Å²) < 4.78 is 0. The summed E-state index contributed by atoms with van der Waals surface area (Å²) in [6.07, 6.45) is 14.0. The molecule has 3 rings (SSSR count). The van der Waals surface area contributed by atoms with E-state index in [1.807, 2.05) is 0 Å². The van der Waals surface area contributed by atoms with E-state index in [0.717, 1.165) is 25.7 Å². The summed E-state index contributed by atoms with van der Waals surface area (Å²) in [6.45, 7) is 8.90. The second-order valence-corrected chi connectivity index (χ2v) is 9.44. The molecule has 0 spiro atoms. The molecule has 2 N–H and O–H groups in total. The van der Waals surface area contributed by atoms with Gasteiger partial charge in [0.25, 0.3) is 0 Å². The van der Waals surface area contributed by atoms with Gasteiger partial charge >= 0.3 is 5.97 Å². The first-order valence-electron chi connectivity index (χ1n) is 10.8. The maximum absolute atomic E-state index is 11.0. The molecule has 0 amide bonds. The maximum atomic E-state index is 11.0. The highest BCUT2D eigenvalue weighted by atomic mass is 16.4. The molecule has 5 atom stereocenters. The van der Waals surface area contributed by atoms with Crippen molar-refractivity contribution in [2.45, 2.75) is 84.2 Å². The third kappa shape index (κ3) is 4.39. The molecule has 0 heterocycles. The Bertz CT molecular complexity index is 644. The van der Waals surface area contributed by atoms with Gasteiger partial charge in [-0.1, -0.05) is 43.7 Å². The van der Waals surface area contributed by atoms with E-state index in [-0.39, 0.29) is 12.5 Å². The van der Waals surface area contributed by atoms with Gasteiger partial charge in [-0.05, 0) is 86.5 Å². The van der Waals surface area contributed by atoms with E-state index in [0.29, 0.717) is 23.2 Å². The van der Waals surface area contributed by atoms with E-state index in [1.165, 1.54) is 43.3 Å². The molecule has 0 radical (unpaired) electrons. The average Bonchev–Trinajstić information content (AvgIpc) is 2.98. The van der Waals surface area contributed by atoms with Crippen LogP contribution in [0.4, 0.5) is 0 Å². The Hall–Kier alpha value is -1.35. The minimum Gasteiger partial charge on any atom is -0.481 e. The van der Waals surface area contributed by atoms with Crippen molar-refractivity contribution in [1.29, 1.82) is 0 Å². The van der Waals surface area contributed by atoms with Crippen LogP contribution in [0.5, 0.6) is 0 Å². The van der Waals surface area contributed by atoms with Crippen LogP contribution in [0.25, 0.3) is 0 Å². The molecule has 3 nitrogen and oxygen atoms in total. The number of allylic oxidation sites excluding steroid dienone is 4. The van der Waals surface area contributed by atoms with Crippen molar-refractivity contribution >= 4 is 5.97 Å². The van der Waals surface area contributed by atoms with Gasteiger partial charge in [0.2, 0.25) is 0 Å². The lowest BCUT2D eigenvalue weighted by Crippen LogP contribution is -2.36. The van der Waals surface area contributed by atoms with E-state index in [4.69, 9.17) is 5.11 Å². The number of aliphatic hydroxyl groups is 1. The molecule has 3 aliphatic rings. The number of aliphatic hydroxyl groups excluding tert-OH is 1. The lowest BCUT2D eigenvalue weighted by molar-refractivity contribution is -0.137. The lowest BCUT2D eigenvalue weighted by Gasteiger charge is -2.44. The second-order valence-electron chi connectivity index (χ2n) is 9.44. The molecular weight excluding hydrogens is 336 g/mol. The quantitative estimate of drug-likeness (QED) is 0.655. The zero-order valence-corrected chi connectivity index (χ0v) is 17.0. The Kier molecular flexibility index (Phi) is 6.30.